The van der Waals surface area contributed by atoms with E-state index in [-0.39, 0.29) is 17.4 Å². The molecule has 0 spiro atoms. The van der Waals surface area contributed by atoms with Crippen LogP contribution in [0.1, 0.15) is 47.9 Å². The van der Waals surface area contributed by atoms with Crippen molar-refractivity contribution in [2.45, 2.75) is 33.2 Å². The number of aliphatic imine (C=N–C) groups is 1. The van der Waals surface area contributed by atoms with Gasteiger partial charge in [0.15, 0.2) is 5.43 Å². The van der Waals surface area contributed by atoms with E-state index in [4.69, 9.17) is 14.1 Å². The Morgan fingerprint density at radius 3 is 2.47 bits per heavy atom. The summed E-state index contributed by atoms with van der Waals surface area (Å²) in [4.78, 5) is 21.1. The Morgan fingerprint density at radius 1 is 1.03 bits per heavy atom. The molecule has 1 atom stereocenters. The largest absolute Gasteiger partial charge is 0.497 e. The Hall–Kier alpha value is -3.86. The lowest BCUT2D eigenvalue weighted by atomic mass is 9.92. The third kappa shape index (κ3) is 4.53. The molecule has 1 aromatic heterocycles. The van der Waals surface area contributed by atoms with Crippen LogP contribution in [0.5, 0.6) is 5.75 Å². The van der Waals surface area contributed by atoms with Gasteiger partial charge in [0, 0.05) is 30.2 Å². The van der Waals surface area contributed by atoms with Gasteiger partial charge in [-0.1, -0.05) is 74.0 Å². The first-order chi connectivity index (χ1) is 17.5. The maximum atomic E-state index is 13.9. The molecule has 1 unspecified atom stereocenters. The molecule has 1 aliphatic heterocycles. The second-order valence-electron chi connectivity index (χ2n) is 9.75. The van der Waals surface area contributed by atoms with Gasteiger partial charge in [-0.25, -0.2) is 0 Å². The normalized spacial score (nSPS) is 14.4. The molecule has 0 radical (unpaired) electrons. The molecule has 5 nitrogen and oxygen atoms in total. The second-order valence-corrected chi connectivity index (χ2v) is 9.75. The van der Waals surface area contributed by atoms with Crippen LogP contribution in [0.3, 0.4) is 0 Å². The van der Waals surface area contributed by atoms with Crippen molar-refractivity contribution in [3.63, 3.8) is 0 Å². The molecule has 0 saturated heterocycles. The Kier molecular flexibility index (Phi) is 6.64. The minimum absolute atomic E-state index is 0.0106. The van der Waals surface area contributed by atoms with Gasteiger partial charge in [0.05, 0.1) is 25.1 Å². The van der Waals surface area contributed by atoms with Crippen LogP contribution in [0.25, 0.3) is 11.0 Å². The molecule has 0 bridgehead atoms. The van der Waals surface area contributed by atoms with Crippen molar-refractivity contribution in [2.75, 3.05) is 20.2 Å². The van der Waals surface area contributed by atoms with Crippen LogP contribution in [0.15, 0.2) is 87.0 Å². The van der Waals surface area contributed by atoms with E-state index in [1.165, 1.54) is 5.56 Å². The average molecular weight is 481 g/mol. The zero-order valence-electron chi connectivity index (χ0n) is 21.3. The minimum Gasteiger partial charge on any atom is -0.497 e. The fraction of sp³-hybridized carbons (Fsp3) is 0.290. The number of ether oxygens (including phenoxy) is 1. The predicted octanol–water partition coefficient (Wildman–Crippen LogP) is 6.16. The summed E-state index contributed by atoms with van der Waals surface area (Å²) in [6.07, 6.45) is 0.508. The smallest absolute Gasteiger partial charge is 0.196 e. The molecule has 4 aromatic rings. The van der Waals surface area contributed by atoms with Gasteiger partial charge in [0.1, 0.15) is 22.9 Å². The molecule has 5 heteroatoms. The number of aryl methyl sites for hydroxylation is 1. The van der Waals surface area contributed by atoms with Crippen molar-refractivity contribution in [2.24, 2.45) is 10.9 Å². The number of hydrogen-bond donors (Lipinski definition) is 0. The van der Waals surface area contributed by atoms with Crippen LogP contribution in [-0.4, -0.2) is 30.9 Å². The lowest BCUT2D eigenvalue weighted by Crippen LogP contribution is -2.37. The predicted molar refractivity (Wildman–Crippen MR) is 145 cm³/mol. The van der Waals surface area contributed by atoms with Gasteiger partial charge in [-0.05, 0) is 30.5 Å². The van der Waals surface area contributed by atoms with Crippen LogP contribution in [0.4, 0.5) is 0 Å². The van der Waals surface area contributed by atoms with Gasteiger partial charge < -0.3 is 14.1 Å². The standard InChI is InChI=1S/C31H32N2O3/c1-20(2)28(33-17-16-32-31(33)23-12-10-21(3)11-13-23)30-26(18-22-8-6-5-7-9-22)29(34)25-15-14-24(35-4)19-27(25)36-30/h5-15,19-20,28H,16-18H2,1-4H3. The molecule has 0 amide bonds. The van der Waals surface area contributed by atoms with Crippen LogP contribution in [0.2, 0.25) is 0 Å². The first-order valence-electron chi connectivity index (χ1n) is 12.5. The van der Waals surface area contributed by atoms with E-state index >= 15 is 0 Å². The first kappa shape index (κ1) is 23.9. The van der Waals surface area contributed by atoms with Crippen molar-refractivity contribution in [1.82, 2.24) is 4.90 Å². The maximum Gasteiger partial charge on any atom is 0.196 e. The molecule has 0 N–H and O–H groups in total. The summed E-state index contributed by atoms with van der Waals surface area (Å²) in [7, 11) is 1.62. The number of methoxy groups -OCH3 is 1. The molecule has 0 aliphatic carbocycles. The van der Waals surface area contributed by atoms with Crippen molar-refractivity contribution in [3.8, 4) is 5.75 Å². The summed E-state index contributed by atoms with van der Waals surface area (Å²) >= 11 is 0. The summed E-state index contributed by atoms with van der Waals surface area (Å²) in [6, 6.07) is 23.9. The van der Waals surface area contributed by atoms with Crippen LogP contribution < -0.4 is 10.2 Å². The summed E-state index contributed by atoms with van der Waals surface area (Å²) in [5.74, 6) is 2.50. The second kappa shape index (κ2) is 10.0. The Balaban J connectivity index is 1.69. The van der Waals surface area contributed by atoms with E-state index in [1.54, 1.807) is 13.2 Å². The first-order valence-corrected chi connectivity index (χ1v) is 12.5. The minimum atomic E-state index is -0.144. The number of nitrogens with zero attached hydrogens (tertiary/aromatic N) is 2. The maximum absolute atomic E-state index is 13.9. The number of benzene rings is 3. The van der Waals surface area contributed by atoms with Gasteiger partial charge in [-0.2, -0.15) is 0 Å². The zero-order valence-corrected chi connectivity index (χ0v) is 21.3. The highest BCUT2D eigenvalue weighted by molar-refractivity contribution is 6.00. The monoisotopic (exact) mass is 480 g/mol. The summed E-state index contributed by atoms with van der Waals surface area (Å²) in [5.41, 5.74) is 4.63. The van der Waals surface area contributed by atoms with Gasteiger partial charge in [-0.15, -0.1) is 0 Å². The van der Waals surface area contributed by atoms with Gasteiger partial charge >= 0.3 is 0 Å². The molecule has 5 rings (SSSR count). The van der Waals surface area contributed by atoms with Crippen LogP contribution >= 0.6 is 0 Å². The van der Waals surface area contributed by atoms with E-state index in [0.717, 1.165) is 23.5 Å². The van der Waals surface area contributed by atoms with E-state index in [2.05, 4.69) is 62.1 Å². The van der Waals surface area contributed by atoms with Crippen LogP contribution in [-0.2, 0) is 6.42 Å². The molecule has 0 fully saturated rings. The Bertz CT molecular complexity index is 1450. The van der Waals surface area contributed by atoms with Crippen molar-refractivity contribution in [3.05, 3.63) is 111 Å². The molecule has 2 heterocycles. The Morgan fingerprint density at radius 2 is 1.78 bits per heavy atom. The number of rotatable bonds is 7. The van der Waals surface area contributed by atoms with Crippen LogP contribution in [0, 0.1) is 12.8 Å². The van der Waals surface area contributed by atoms with Gasteiger partial charge in [0.2, 0.25) is 0 Å². The Labute approximate surface area is 212 Å². The summed E-state index contributed by atoms with van der Waals surface area (Å²) in [6.45, 7) is 7.93. The molecule has 3 aromatic carbocycles. The fourth-order valence-corrected chi connectivity index (χ4v) is 5.06. The highest BCUT2D eigenvalue weighted by atomic mass is 16.5. The van der Waals surface area contributed by atoms with Crippen molar-refractivity contribution >= 4 is 16.8 Å². The van der Waals surface area contributed by atoms with E-state index in [1.807, 2.05) is 30.3 Å². The van der Waals surface area contributed by atoms with Gasteiger partial charge in [-0.3, -0.25) is 9.79 Å². The van der Waals surface area contributed by atoms with Gasteiger partial charge in [0.25, 0.3) is 0 Å². The number of fused-ring (bicyclic) bond motifs is 1. The van der Waals surface area contributed by atoms with E-state index in [0.29, 0.717) is 41.0 Å². The highest BCUT2D eigenvalue weighted by Crippen LogP contribution is 2.36. The van der Waals surface area contributed by atoms with Crippen molar-refractivity contribution < 1.29 is 9.15 Å². The highest BCUT2D eigenvalue weighted by Gasteiger charge is 2.34. The molecule has 184 valence electrons. The average Bonchev–Trinajstić information content (AvgIpc) is 3.36. The van der Waals surface area contributed by atoms with E-state index in [9.17, 15) is 4.79 Å². The zero-order chi connectivity index (χ0) is 25.2. The molecule has 36 heavy (non-hydrogen) atoms. The third-order valence-corrected chi connectivity index (χ3v) is 6.87. The number of hydrogen-bond acceptors (Lipinski definition) is 5. The fourth-order valence-electron chi connectivity index (χ4n) is 5.06. The topological polar surface area (TPSA) is 55.0 Å². The lowest BCUT2D eigenvalue weighted by molar-refractivity contribution is 0.231. The molecular weight excluding hydrogens is 448 g/mol. The van der Waals surface area contributed by atoms with Crippen molar-refractivity contribution in [1.29, 1.82) is 0 Å². The number of amidine groups is 1. The SMILES string of the molecule is COc1ccc2c(=O)c(Cc3ccccc3)c(C(C(C)C)N3CCN=C3c3ccc(C)cc3)oc2c1. The molecular formula is C31H32N2O3. The molecule has 0 saturated carbocycles. The molecule has 1 aliphatic rings. The van der Waals surface area contributed by atoms with E-state index < -0.39 is 0 Å². The summed E-state index contributed by atoms with van der Waals surface area (Å²) < 4.78 is 12.1. The quantitative estimate of drug-likeness (QED) is 0.318. The third-order valence-electron chi connectivity index (χ3n) is 6.87. The summed E-state index contributed by atoms with van der Waals surface area (Å²) in [5, 5.41) is 0.571. The lowest BCUT2D eigenvalue weighted by Gasteiger charge is -2.34.